The molecule has 1 aromatic carbocycles. The van der Waals surface area contributed by atoms with Crippen LogP contribution in [0.15, 0.2) is 30.3 Å². The highest BCUT2D eigenvalue weighted by Crippen LogP contribution is 2.26. The number of carbonyl (C=O) groups excluding carboxylic acids is 1. The zero-order chi connectivity index (χ0) is 25.8. The highest BCUT2D eigenvalue weighted by molar-refractivity contribution is 5.74. The van der Waals surface area contributed by atoms with Crippen molar-refractivity contribution in [1.29, 1.82) is 0 Å². The van der Waals surface area contributed by atoms with Crippen LogP contribution in [0.2, 0.25) is 0 Å². The third kappa shape index (κ3) is 12.2. The number of aliphatic hydroxyl groups excluding tert-OH is 2. The van der Waals surface area contributed by atoms with Crippen molar-refractivity contribution in [2.75, 3.05) is 53.4 Å². The van der Waals surface area contributed by atoms with Crippen molar-refractivity contribution in [3.63, 3.8) is 0 Å². The van der Waals surface area contributed by atoms with Gasteiger partial charge < -0.3 is 46.1 Å². The maximum Gasteiger partial charge on any atom is 0.0809 e. The Morgan fingerprint density at radius 3 is 1.54 bits per heavy atom. The molecule has 0 saturated carbocycles. The van der Waals surface area contributed by atoms with Crippen molar-refractivity contribution < 1.29 is 46.1 Å². The lowest BCUT2D eigenvalue weighted by atomic mass is 9.86. The molecule has 1 aromatic rings. The first-order valence-electron chi connectivity index (χ1n) is 13.3. The lowest BCUT2D eigenvalue weighted by molar-refractivity contribution is -0.913. The van der Waals surface area contributed by atoms with Gasteiger partial charge in [-0.2, -0.15) is 0 Å². The van der Waals surface area contributed by atoms with Crippen LogP contribution in [-0.2, 0) is 4.79 Å². The number of rotatable bonds is 6. The van der Waals surface area contributed by atoms with Gasteiger partial charge in [-0.3, -0.25) is 0 Å². The highest BCUT2D eigenvalue weighted by atomic mass is 79.9. The molecule has 0 aliphatic carbocycles. The van der Waals surface area contributed by atoms with Crippen LogP contribution < -0.4 is 22.1 Å². The number of carbonyl (C=O) groups is 1. The van der Waals surface area contributed by atoms with Crippen LogP contribution in [0.5, 0.6) is 0 Å². The Balaban J connectivity index is 0.000000499. The molecule has 2 atom stereocenters. The van der Waals surface area contributed by atoms with Gasteiger partial charge >= 0.3 is 0 Å². The number of benzene rings is 1. The number of carboxylic acids is 1. The summed E-state index contributed by atoms with van der Waals surface area (Å²) in [6, 6.07) is 9.27. The van der Waals surface area contributed by atoms with E-state index in [1.54, 1.807) is 0 Å². The number of quaternary nitrogens is 2. The van der Waals surface area contributed by atoms with Gasteiger partial charge in [0.15, 0.2) is 0 Å². The van der Waals surface area contributed by atoms with Crippen LogP contribution in [0.3, 0.4) is 0 Å². The molecule has 0 aromatic heterocycles. The van der Waals surface area contributed by atoms with Crippen LogP contribution >= 0.6 is 0 Å². The Hall–Kier alpha value is -0.990. The minimum absolute atomic E-state index is 0. The average Bonchev–Trinajstić information content (AvgIpc) is 2.84. The molecule has 3 rings (SSSR count). The van der Waals surface area contributed by atoms with E-state index in [4.69, 9.17) is 0 Å². The fraction of sp³-hybridized carbons (Fsp3) is 0.750. The number of carboxylic acid groups (broad SMARTS) is 1. The summed E-state index contributed by atoms with van der Waals surface area (Å²) in [5, 5.41) is 29.4. The molecule has 2 aliphatic heterocycles. The number of halogens is 1. The molecule has 2 heterocycles. The van der Waals surface area contributed by atoms with Crippen LogP contribution in [0, 0.1) is 5.92 Å². The summed E-state index contributed by atoms with van der Waals surface area (Å²) in [7, 11) is 4.54. The van der Waals surface area contributed by atoms with Crippen molar-refractivity contribution in [1.82, 2.24) is 0 Å². The van der Waals surface area contributed by atoms with E-state index < -0.39 is 11.9 Å². The summed E-state index contributed by atoms with van der Waals surface area (Å²) in [4.78, 5) is 11.0. The fourth-order valence-electron chi connectivity index (χ4n) is 4.58. The minimum Gasteiger partial charge on any atom is -1.00 e. The largest absolute Gasteiger partial charge is 1.00 e. The monoisotopic (exact) mass is 558 g/mol. The second-order valence-corrected chi connectivity index (χ2v) is 10.8. The van der Waals surface area contributed by atoms with Gasteiger partial charge in [0, 0.05) is 37.6 Å². The molecule has 0 spiro atoms. The van der Waals surface area contributed by atoms with Gasteiger partial charge in [0.05, 0.1) is 65.6 Å². The summed E-state index contributed by atoms with van der Waals surface area (Å²) in [5.74, 6) is -1.35. The third-order valence-corrected chi connectivity index (χ3v) is 8.16. The zero-order valence-electron chi connectivity index (χ0n) is 23.0. The summed E-state index contributed by atoms with van der Waals surface area (Å²) >= 11 is 0. The van der Waals surface area contributed by atoms with Gasteiger partial charge in [-0.25, -0.2) is 0 Å². The van der Waals surface area contributed by atoms with Crippen molar-refractivity contribution in [2.24, 2.45) is 5.92 Å². The van der Waals surface area contributed by atoms with Crippen LogP contribution in [0.1, 0.15) is 71.3 Å². The lowest BCUT2D eigenvalue weighted by Crippen LogP contribution is -3.00. The summed E-state index contributed by atoms with van der Waals surface area (Å²) in [5.41, 5.74) is 0.835. The fourth-order valence-corrected chi connectivity index (χ4v) is 4.58. The van der Waals surface area contributed by atoms with Crippen molar-refractivity contribution in [3.8, 4) is 0 Å². The first-order valence-corrected chi connectivity index (χ1v) is 13.3. The normalized spacial score (nSPS) is 29.7. The summed E-state index contributed by atoms with van der Waals surface area (Å²) < 4.78 is 2.30. The first-order chi connectivity index (χ1) is 16.0. The average molecular weight is 560 g/mol. The Labute approximate surface area is 224 Å². The first kappa shape index (κ1) is 34.0. The van der Waals surface area contributed by atoms with E-state index in [0.717, 1.165) is 72.8 Å². The minimum atomic E-state index is -0.981. The van der Waals surface area contributed by atoms with Gasteiger partial charge in [-0.05, 0) is 25.3 Å². The van der Waals surface area contributed by atoms with Gasteiger partial charge in [-0.1, -0.05) is 50.6 Å². The molecule has 2 N–H and O–H groups in total. The van der Waals surface area contributed by atoms with E-state index in [-0.39, 0.29) is 35.1 Å². The number of nitrogens with zero attached hydrogens (tertiary/aromatic N) is 2. The summed E-state index contributed by atoms with van der Waals surface area (Å²) in [6.45, 7) is 15.4. The molecule has 2 unspecified atom stereocenters. The van der Waals surface area contributed by atoms with Crippen LogP contribution in [-0.4, -0.2) is 90.7 Å². The van der Waals surface area contributed by atoms with E-state index in [1.165, 1.54) is 13.1 Å². The smallest absolute Gasteiger partial charge is 0.0809 e. The quantitative estimate of drug-likeness (QED) is 0.473. The molecule has 2 fully saturated rings. The maximum atomic E-state index is 11.0. The lowest BCUT2D eigenvalue weighted by Gasteiger charge is -2.38. The zero-order valence-corrected chi connectivity index (χ0v) is 24.5. The molecule has 35 heavy (non-hydrogen) atoms. The van der Waals surface area contributed by atoms with E-state index in [9.17, 15) is 20.1 Å². The molecule has 0 bridgehead atoms. The standard InChI is InChI=1S/C12H16O2.2C8H18NO.BrH/c1-3-9(2)11(12(13)14)10-7-5-4-6-8-10;2*1-3-9(2)6-4-8(10)5-7-9;/h4-9,11H,3H2,1-2H3,(H,13,14);2*8,10H,3-7H2,1-2H3;1H/q;2*+1;/p-2. The number of hydrogen-bond acceptors (Lipinski definition) is 4. The predicted octanol–water partition coefficient (Wildman–Crippen LogP) is -0.215. The summed E-state index contributed by atoms with van der Waals surface area (Å²) in [6.07, 6.45) is 4.77. The Morgan fingerprint density at radius 2 is 1.26 bits per heavy atom. The van der Waals surface area contributed by atoms with Gasteiger partial charge in [0.1, 0.15) is 0 Å². The number of aliphatic carboxylic acids is 1. The molecular formula is C28H51BrN2O4. The second kappa shape index (κ2) is 16.7. The number of likely N-dealkylation sites (tertiary alicyclic amines) is 2. The van der Waals surface area contributed by atoms with E-state index >= 15 is 0 Å². The van der Waals surface area contributed by atoms with Crippen LogP contribution in [0.4, 0.5) is 0 Å². The molecule has 2 saturated heterocycles. The van der Waals surface area contributed by atoms with E-state index in [1.807, 2.05) is 44.2 Å². The van der Waals surface area contributed by atoms with Gasteiger partial charge in [0.25, 0.3) is 0 Å². The Morgan fingerprint density at radius 1 is 0.886 bits per heavy atom. The maximum absolute atomic E-state index is 11.0. The predicted molar refractivity (Wildman–Crippen MR) is 137 cm³/mol. The number of aliphatic hydroxyl groups is 2. The van der Waals surface area contributed by atoms with Crippen molar-refractivity contribution in [2.45, 2.75) is 77.9 Å². The topological polar surface area (TPSA) is 80.6 Å². The highest BCUT2D eigenvalue weighted by Gasteiger charge is 2.27. The SMILES string of the molecule is CCC(C)C(C(=O)[O-])c1ccccc1.CC[N+]1(C)CCC(O)CC1.CC[N+]1(C)CCC(O)CC1.[Br-]. The third-order valence-electron chi connectivity index (χ3n) is 8.16. The van der Waals surface area contributed by atoms with E-state index in [0.29, 0.717) is 0 Å². The van der Waals surface area contributed by atoms with Gasteiger partial charge in [0.2, 0.25) is 0 Å². The van der Waals surface area contributed by atoms with E-state index in [2.05, 4.69) is 27.9 Å². The Bertz CT molecular complexity index is 659. The Kier molecular flexibility index (Phi) is 16.2. The number of piperidine rings is 2. The molecule has 6 nitrogen and oxygen atoms in total. The van der Waals surface area contributed by atoms with Crippen molar-refractivity contribution >= 4 is 5.97 Å². The molecule has 204 valence electrons. The van der Waals surface area contributed by atoms with Gasteiger partial charge in [-0.15, -0.1) is 0 Å². The molecule has 7 heteroatoms. The molecule has 0 amide bonds. The second-order valence-electron chi connectivity index (χ2n) is 10.8. The molecule has 0 radical (unpaired) electrons. The number of hydrogen-bond donors (Lipinski definition) is 2. The van der Waals surface area contributed by atoms with Crippen molar-refractivity contribution in [3.05, 3.63) is 35.9 Å². The molecular weight excluding hydrogens is 508 g/mol. The molecule has 2 aliphatic rings. The van der Waals surface area contributed by atoms with Crippen LogP contribution in [0.25, 0.3) is 0 Å².